The van der Waals surface area contributed by atoms with Crippen LogP contribution in [0, 0.1) is 0 Å². The number of aromatic nitrogens is 2. The minimum Gasteiger partial charge on any atom is -0.444 e. The third-order valence-corrected chi connectivity index (χ3v) is 3.88. The fourth-order valence-electron chi connectivity index (χ4n) is 1.83. The Morgan fingerprint density at radius 3 is 2.65 bits per heavy atom. The van der Waals surface area contributed by atoms with Crippen molar-refractivity contribution in [1.29, 1.82) is 0 Å². The summed E-state index contributed by atoms with van der Waals surface area (Å²) < 4.78 is 5.30. The number of β-amino-alcohol motifs (C(OH)–C–C–N with tert-alkyl or cyclic N) is 1. The van der Waals surface area contributed by atoms with E-state index >= 15 is 0 Å². The van der Waals surface area contributed by atoms with Gasteiger partial charge in [0.25, 0.3) is 0 Å². The van der Waals surface area contributed by atoms with Gasteiger partial charge in [-0.1, -0.05) is 11.8 Å². The lowest BCUT2D eigenvalue weighted by molar-refractivity contribution is 0.0270. The molecule has 20 heavy (non-hydrogen) atoms. The summed E-state index contributed by atoms with van der Waals surface area (Å²) in [6.07, 6.45) is 2.31. The molecule has 0 aliphatic carbocycles. The van der Waals surface area contributed by atoms with Crippen LogP contribution >= 0.6 is 11.8 Å². The van der Waals surface area contributed by atoms with E-state index in [1.165, 1.54) is 16.7 Å². The van der Waals surface area contributed by atoms with Gasteiger partial charge in [0, 0.05) is 18.9 Å². The number of hydrogen-bond acceptors (Lipinski definition) is 6. The van der Waals surface area contributed by atoms with Gasteiger partial charge in [0.05, 0.1) is 17.9 Å². The van der Waals surface area contributed by atoms with Crippen molar-refractivity contribution in [2.75, 3.05) is 13.1 Å². The van der Waals surface area contributed by atoms with Gasteiger partial charge in [0.2, 0.25) is 0 Å². The van der Waals surface area contributed by atoms with Crippen molar-refractivity contribution in [3.05, 3.63) is 18.5 Å². The van der Waals surface area contributed by atoms with Crippen LogP contribution in [0.5, 0.6) is 0 Å². The van der Waals surface area contributed by atoms with Crippen LogP contribution < -0.4 is 0 Å². The van der Waals surface area contributed by atoms with E-state index in [-0.39, 0.29) is 11.8 Å². The minimum atomic E-state index is -0.601. The monoisotopic (exact) mass is 297 g/mol. The number of aliphatic hydroxyl groups is 1. The van der Waals surface area contributed by atoms with Crippen molar-refractivity contribution in [3.8, 4) is 0 Å². The molecule has 1 aromatic rings. The first kappa shape index (κ1) is 15.1. The lowest BCUT2D eigenvalue weighted by atomic mass is 10.2. The second-order valence-electron chi connectivity index (χ2n) is 5.64. The molecule has 0 radical (unpaired) electrons. The van der Waals surface area contributed by atoms with E-state index in [0.717, 1.165) is 0 Å². The highest BCUT2D eigenvalue weighted by atomic mass is 32.2. The van der Waals surface area contributed by atoms with E-state index in [1.54, 1.807) is 18.5 Å². The average molecular weight is 297 g/mol. The molecule has 2 rings (SSSR count). The fourth-order valence-corrected chi connectivity index (χ4v) is 2.84. The molecular weight excluding hydrogens is 278 g/mol. The third-order valence-electron chi connectivity index (χ3n) is 2.69. The zero-order valence-corrected chi connectivity index (χ0v) is 12.6. The molecule has 0 bridgehead atoms. The molecule has 0 spiro atoms. The van der Waals surface area contributed by atoms with Crippen LogP contribution in [0.1, 0.15) is 20.8 Å². The molecule has 110 valence electrons. The van der Waals surface area contributed by atoms with Gasteiger partial charge in [-0.15, -0.1) is 0 Å². The first-order valence-corrected chi connectivity index (χ1v) is 7.33. The molecule has 2 heterocycles. The van der Waals surface area contributed by atoms with E-state index in [1.807, 2.05) is 20.8 Å². The van der Waals surface area contributed by atoms with Crippen molar-refractivity contribution < 1.29 is 14.6 Å². The third kappa shape index (κ3) is 4.08. The highest BCUT2D eigenvalue weighted by Crippen LogP contribution is 2.28. The second-order valence-corrected chi connectivity index (χ2v) is 6.85. The van der Waals surface area contributed by atoms with Crippen LogP contribution in [-0.4, -0.2) is 56.1 Å². The normalized spacial score (nSPS) is 22.9. The van der Waals surface area contributed by atoms with Crippen molar-refractivity contribution in [2.45, 2.75) is 42.9 Å². The lowest BCUT2D eigenvalue weighted by Gasteiger charge is -2.24. The highest BCUT2D eigenvalue weighted by Gasteiger charge is 2.37. The smallest absolute Gasteiger partial charge is 0.410 e. The zero-order chi connectivity index (χ0) is 14.8. The average Bonchev–Trinajstić information content (AvgIpc) is 2.70. The van der Waals surface area contributed by atoms with Gasteiger partial charge in [0.15, 0.2) is 5.16 Å². The molecule has 1 N–H and O–H groups in total. The number of ether oxygens (including phenoxy) is 1. The van der Waals surface area contributed by atoms with Crippen molar-refractivity contribution in [3.63, 3.8) is 0 Å². The molecule has 1 amide bonds. The van der Waals surface area contributed by atoms with Crippen LogP contribution in [0.3, 0.4) is 0 Å². The van der Waals surface area contributed by atoms with Crippen molar-refractivity contribution in [2.24, 2.45) is 0 Å². The number of amides is 1. The summed E-state index contributed by atoms with van der Waals surface area (Å²) in [7, 11) is 0. The maximum absolute atomic E-state index is 12.0. The van der Waals surface area contributed by atoms with Crippen molar-refractivity contribution in [1.82, 2.24) is 14.9 Å². The molecular formula is C13H19N3O3S. The SMILES string of the molecule is CC(C)(C)OC(=O)N1C[C@@H](O)[C@H](Sc2ncccn2)C1. The first-order chi connectivity index (χ1) is 9.35. The Labute approximate surface area is 122 Å². The van der Waals surface area contributed by atoms with Gasteiger partial charge in [-0.05, 0) is 26.8 Å². The number of thioether (sulfide) groups is 1. The van der Waals surface area contributed by atoms with Crippen molar-refractivity contribution >= 4 is 17.9 Å². The van der Waals surface area contributed by atoms with Gasteiger partial charge in [-0.2, -0.15) is 0 Å². The van der Waals surface area contributed by atoms with E-state index in [0.29, 0.717) is 11.7 Å². The molecule has 7 heteroatoms. The summed E-state index contributed by atoms with van der Waals surface area (Å²) >= 11 is 1.38. The molecule has 2 atom stereocenters. The van der Waals surface area contributed by atoms with Crippen LogP contribution in [0.2, 0.25) is 0 Å². The molecule has 1 aliphatic rings. The maximum atomic E-state index is 12.0. The molecule has 1 aromatic heterocycles. The molecule has 0 aromatic carbocycles. The largest absolute Gasteiger partial charge is 0.444 e. The Bertz CT molecular complexity index is 464. The first-order valence-electron chi connectivity index (χ1n) is 6.45. The van der Waals surface area contributed by atoms with Crippen LogP contribution in [-0.2, 0) is 4.74 Å². The lowest BCUT2D eigenvalue weighted by Crippen LogP contribution is -2.35. The standard InChI is InChI=1S/C13H19N3O3S/c1-13(2,3)19-12(18)16-7-9(17)10(8-16)20-11-14-5-4-6-15-11/h4-6,9-10,17H,7-8H2,1-3H3/t9-,10-/m1/s1. The number of carbonyl (C=O) groups is 1. The summed E-state index contributed by atoms with van der Waals surface area (Å²) in [6.45, 7) is 6.17. The quantitative estimate of drug-likeness (QED) is 0.835. The summed E-state index contributed by atoms with van der Waals surface area (Å²) in [5, 5.41) is 10.5. The zero-order valence-electron chi connectivity index (χ0n) is 11.8. The number of likely N-dealkylation sites (tertiary alicyclic amines) is 1. The fraction of sp³-hybridized carbons (Fsp3) is 0.615. The Kier molecular flexibility index (Phi) is 4.49. The van der Waals surface area contributed by atoms with Crippen LogP contribution in [0.15, 0.2) is 23.6 Å². The minimum absolute atomic E-state index is 0.134. The number of hydrogen-bond donors (Lipinski definition) is 1. The molecule has 6 nitrogen and oxygen atoms in total. The molecule has 1 aliphatic heterocycles. The number of rotatable bonds is 2. The second kappa shape index (κ2) is 5.97. The predicted octanol–water partition coefficient (Wildman–Crippen LogP) is 1.55. The Morgan fingerprint density at radius 2 is 2.05 bits per heavy atom. The molecule has 0 saturated carbocycles. The Balaban J connectivity index is 1.94. The van der Waals surface area contributed by atoms with Gasteiger partial charge >= 0.3 is 6.09 Å². The van der Waals surface area contributed by atoms with Gasteiger partial charge in [-0.25, -0.2) is 14.8 Å². The van der Waals surface area contributed by atoms with E-state index in [4.69, 9.17) is 4.74 Å². The Morgan fingerprint density at radius 1 is 1.40 bits per heavy atom. The highest BCUT2D eigenvalue weighted by molar-refractivity contribution is 7.99. The van der Waals surface area contributed by atoms with E-state index < -0.39 is 17.8 Å². The molecule has 0 unspecified atom stereocenters. The number of aliphatic hydroxyl groups excluding tert-OH is 1. The van der Waals surface area contributed by atoms with E-state index in [2.05, 4.69) is 9.97 Å². The topological polar surface area (TPSA) is 75.5 Å². The van der Waals surface area contributed by atoms with E-state index in [9.17, 15) is 9.90 Å². The van der Waals surface area contributed by atoms with Crippen LogP contribution in [0.25, 0.3) is 0 Å². The number of carbonyl (C=O) groups excluding carboxylic acids is 1. The molecule has 1 saturated heterocycles. The summed E-state index contributed by atoms with van der Waals surface area (Å²) in [4.78, 5) is 21.7. The Hall–Kier alpha value is -1.34. The number of nitrogens with zero attached hydrogens (tertiary/aromatic N) is 3. The summed E-state index contributed by atoms with van der Waals surface area (Å²) in [5.41, 5.74) is -0.532. The summed E-state index contributed by atoms with van der Waals surface area (Å²) in [6, 6.07) is 1.74. The summed E-state index contributed by atoms with van der Waals surface area (Å²) in [5.74, 6) is 0. The van der Waals surface area contributed by atoms with Gasteiger partial charge in [0.1, 0.15) is 5.60 Å². The molecule has 1 fully saturated rings. The maximum Gasteiger partial charge on any atom is 0.410 e. The van der Waals surface area contributed by atoms with Gasteiger partial charge in [-0.3, -0.25) is 0 Å². The van der Waals surface area contributed by atoms with Gasteiger partial charge < -0.3 is 14.7 Å². The van der Waals surface area contributed by atoms with Crippen LogP contribution in [0.4, 0.5) is 4.79 Å². The predicted molar refractivity (Wildman–Crippen MR) is 75.5 cm³/mol.